The second kappa shape index (κ2) is 8.26. The van der Waals surface area contributed by atoms with E-state index in [9.17, 15) is 19.2 Å². The molecule has 2 heterocycles. The predicted molar refractivity (Wildman–Crippen MR) is 102 cm³/mol. The fourth-order valence-corrected chi connectivity index (χ4v) is 3.35. The molecule has 0 saturated carbocycles. The number of hydrazine groups is 1. The molecule has 1 saturated heterocycles. The number of imide groups is 1. The Morgan fingerprint density at radius 1 is 1.21 bits per heavy atom. The SMILES string of the molecule is C[C@@]1(CCc2ccccc2)NC(=O)N(NC(=O)CSc2nccc(=O)[nH]2)C1=O. The fourth-order valence-electron chi connectivity index (χ4n) is 2.71. The van der Waals surface area contributed by atoms with Gasteiger partial charge in [0, 0.05) is 12.3 Å². The van der Waals surface area contributed by atoms with Crippen LogP contribution in [0, 0.1) is 0 Å². The molecule has 1 atom stereocenters. The maximum atomic E-state index is 12.7. The molecule has 28 heavy (non-hydrogen) atoms. The van der Waals surface area contributed by atoms with Crippen LogP contribution in [0.25, 0.3) is 0 Å². The summed E-state index contributed by atoms with van der Waals surface area (Å²) in [5.41, 5.74) is 1.93. The number of carbonyl (C=O) groups is 3. The third kappa shape index (κ3) is 4.58. The van der Waals surface area contributed by atoms with Crippen molar-refractivity contribution in [2.24, 2.45) is 0 Å². The van der Waals surface area contributed by atoms with Gasteiger partial charge in [-0.3, -0.25) is 19.8 Å². The number of nitrogens with one attached hydrogen (secondary N) is 3. The van der Waals surface area contributed by atoms with Crippen LogP contribution in [0.4, 0.5) is 4.79 Å². The van der Waals surface area contributed by atoms with Gasteiger partial charge in [-0.15, -0.1) is 0 Å². The molecule has 3 N–H and O–H groups in total. The maximum absolute atomic E-state index is 12.7. The van der Waals surface area contributed by atoms with E-state index < -0.39 is 23.4 Å². The van der Waals surface area contributed by atoms with Crippen LogP contribution in [0.5, 0.6) is 0 Å². The first-order valence-corrected chi connectivity index (χ1v) is 9.54. The van der Waals surface area contributed by atoms with Crippen LogP contribution in [-0.2, 0) is 16.0 Å². The number of nitrogens with zero attached hydrogens (tertiary/aromatic N) is 2. The zero-order chi connectivity index (χ0) is 20.1. The first-order valence-electron chi connectivity index (χ1n) is 8.56. The molecule has 0 unspecified atom stereocenters. The van der Waals surface area contributed by atoms with Gasteiger partial charge in [0.2, 0.25) is 5.91 Å². The van der Waals surface area contributed by atoms with E-state index in [1.54, 1.807) is 6.92 Å². The molecule has 2 aromatic rings. The first-order chi connectivity index (χ1) is 13.4. The lowest BCUT2D eigenvalue weighted by Crippen LogP contribution is -2.49. The molecule has 3 rings (SSSR count). The topological polar surface area (TPSA) is 124 Å². The zero-order valence-electron chi connectivity index (χ0n) is 15.1. The summed E-state index contributed by atoms with van der Waals surface area (Å²) in [6, 6.07) is 10.2. The van der Waals surface area contributed by atoms with E-state index in [-0.39, 0.29) is 16.5 Å². The van der Waals surface area contributed by atoms with Crippen molar-refractivity contribution in [3.05, 3.63) is 58.5 Å². The standard InChI is InChI=1S/C18H19N5O4S/c1-18(9-7-12-5-3-2-4-6-12)15(26)23(17(27)21-18)22-14(25)11-28-16-19-10-8-13(24)20-16/h2-6,8,10H,7,9,11H2,1H3,(H,21,27)(H,22,25)(H,19,20,24)/t18-/m0/s1. The number of H-pyrrole nitrogens is 1. The first kappa shape index (κ1) is 19.6. The van der Waals surface area contributed by atoms with Crippen molar-refractivity contribution in [2.75, 3.05) is 5.75 Å². The highest BCUT2D eigenvalue weighted by atomic mass is 32.2. The fraction of sp³-hybridized carbons (Fsp3) is 0.278. The summed E-state index contributed by atoms with van der Waals surface area (Å²) in [5.74, 6) is -1.20. The zero-order valence-corrected chi connectivity index (χ0v) is 15.9. The number of hydrogen-bond acceptors (Lipinski definition) is 6. The number of carbonyl (C=O) groups excluding carboxylic acids is 3. The monoisotopic (exact) mass is 401 g/mol. The van der Waals surface area contributed by atoms with Gasteiger partial charge in [0.15, 0.2) is 5.16 Å². The predicted octanol–water partition coefficient (Wildman–Crippen LogP) is 0.837. The van der Waals surface area contributed by atoms with Gasteiger partial charge in [0.25, 0.3) is 11.5 Å². The number of urea groups is 1. The summed E-state index contributed by atoms with van der Waals surface area (Å²) in [5, 5.41) is 3.62. The Bertz CT molecular complexity index is 948. The number of hydrogen-bond donors (Lipinski definition) is 3. The van der Waals surface area contributed by atoms with Crippen LogP contribution in [0.3, 0.4) is 0 Å². The van der Waals surface area contributed by atoms with Gasteiger partial charge >= 0.3 is 6.03 Å². The van der Waals surface area contributed by atoms with Crippen molar-refractivity contribution >= 4 is 29.6 Å². The molecule has 1 fully saturated rings. The van der Waals surface area contributed by atoms with E-state index >= 15 is 0 Å². The molecule has 1 aromatic carbocycles. The Balaban J connectivity index is 1.56. The normalized spacial score (nSPS) is 18.8. The molecule has 1 aliphatic rings. The minimum atomic E-state index is -1.10. The van der Waals surface area contributed by atoms with E-state index in [2.05, 4.69) is 20.7 Å². The van der Waals surface area contributed by atoms with Gasteiger partial charge in [0.05, 0.1) is 5.75 Å². The highest BCUT2D eigenvalue weighted by Gasteiger charge is 2.48. The third-order valence-corrected chi connectivity index (χ3v) is 5.13. The lowest BCUT2D eigenvalue weighted by Gasteiger charge is -2.21. The second-order valence-corrected chi connectivity index (χ2v) is 7.42. The Hall–Kier alpha value is -3.14. The van der Waals surface area contributed by atoms with Gasteiger partial charge in [0.1, 0.15) is 5.54 Å². The van der Waals surface area contributed by atoms with Crippen LogP contribution in [0.15, 0.2) is 52.5 Å². The molecule has 10 heteroatoms. The van der Waals surface area contributed by atoms with Crippen LogP contribution in [-0.4, -0.2) is 44.1 Å². The summed E-state index contributed by atoms with van der Waals surface area (Å²) in [6.07, 6.45) is 2.33. The molecular formula is C18H19N5O4S. The van der Waals surface area contributed by atoms with E-state index in [0.29, 0.717) is 17.9 Å². The molecule has 0 aliphatic carbocycles. The minimum Gasteiger partial charge on any atom is -0.322 e. The van der Waals surface area contributed by atoms with Crippen molar-refractivity contribution in [3.63, 3.8) is 0 Å². The summed E-state index contributed by atoms with van der Waals surface area (Å²) >= 11 is 0.988. The molecule has 0 bridgehead atoms. The van der Waals surface area contributed by atoms with E-state index in [1.807, 2.05) is 30.3 Å². The summed E-state index contributed by atoms with van der Waals surface area (Å²) in [6.45, 7) is 1.63. The Morgan fingerprint density at radius 3 is 2.68 bits per heavy atom. The largest absolute Gasteiger partial charge is 0.344 e. The van der Waals surface area contributed by atoms with Crippen LogP contribution < -0.4 is 16.3 Å². The summed E-state index contributed by atoms with van der Waals surface area (Å²) in [7, 11) is 0. The van der Waals surface area contributed by atoms with Gasteiger partial charge in [-0.05, 0) is 25.3 Å². The average molecular weight is 401 g/mol. The highest BCUT2D eigenvalue weighted by molar-refractivity contribution is 7.99. The lowest BCUT2D eigenvalue weighted by atomic mass is 9.93. The number of thioether (sulfide) groups is 1. The molecular weight excluding hydrogens is 382 g/mol. The van der Waals surface area contributed by atoms with Gasteiger partial charge in [-0.2, -0.15) is 5.01 Å². The molecule has 9 nitrogen and oxygen atoms in total. The summed E-state index contributed by atoms with van der Waals surface area (Å²) in [4.78, 5) is 54.6. The van der Waals surface area contributed by atoms with Crippen molar-refractivity contribution in [1.29, 1.82) is 0 Å². The maximum Gasteiger partial charge on any atom is 0.344 e. The van der Waals surface area contributed by atoms with Crippen molar-refractivity contribution in [2.45, 2.75) is 30.5 Å². The molecule has 146 valence electrons. The minimum absolute atomic E-state index is 0.120. The van der Waals surface area contributed by atoms with Gasteiger partial charge in [-0.1, -0.05) is 42.1 Å². The number of rotatable bonds is 7. The average Bonchev–Trinajstić information content (AvgIpc) is 2.89. The number of aryl methyl sites for hydroxylation is 1. The van der Waals surface area contributed by atoms with Crippen LogP contribution in [0.1, 0.15) is 18.9 Å². The molecule has 0 spiro atoms. The Labute approximate surface area is 164 Å². The molecule has 1 aliphatic heterocycles. The van der Waals surface area contributed by atoms with Crippen molar-refractivity contribution < 1.29 is 14.4 Å². The van der Waals surface area contributed by atoms with E-state index in [1.165, 1.54) is 12.3 Å². The number of amides is 4. The van der Waals surface area contributed by atoms with Gasteiger partial charge < -0.3 is 10.3 Å². The van der Waals surface area contributed by atoms with Crippen molar-refractivity contribution in [1.82, 2.24) is 25.7 Å². The Morgan fingerprint density at radius 2 is 1.96 bits per heavy atom. The second-order valence-electron chi connectivity index (χ2n) is 6.45. The molecule has 4 amide bonds. The Kier molecular flexibility index (Phi) is 5.78. The number of aromatic amines is 1. The third-order valence-electron chi connectivity index (χ3n) is 4.24. The quantitative estimate of drug-likeness (QED) is 0.359. The van der Waals surface area contributed by atoms with Crippen LogP contribution >= 0.6 is 11.8 Å². The van der Waals surface area contributed by atoms with E-state index in [4.69, 9.17) is 0 Å². The number of aromatic nitrogens is 2. The molecule has 1 aromatic heterocycles. The highest BCUT2D eigenvalue weighted by Crippen LogP contribution is 2.22. The number of benzene rings is 1. The lowest BCUT2D eigenvalue weighted by molar-refractivity contribution is -0.138. The van der Waals surface area contributed by atoms with Gasteiger partial charge in [-0.25, -0.2) is 9.78 Å². The van der Waals surface area contributed by atoms with Crippen LogP contribution in [0.2, 0.25) is 0 Å². The molecule has 0 radical (unpaired) electrons. The smallest absolute Gasteiger partial charge is 0.322 e. The van der Waals surface area contributed by atoms with Crippen molar-refractivity contribution in [3.8, 4) is 0 Å². The van der Waals surface area contributed by atoms with E-state index in [0.717, 1.165) is 17.3 Å². The summed E-state index contributed by atoms with van der Waals surface area (Å²) < 4.78 is 0.